The molecule has 0 spiro atoms. The molecule has 1 heterocycles. The Labute approximate surface area is 132 Å². The number of hydrogen-bond acceptors (Lipinski definition) is 4. The van der Waals surface area contributed by atoms with E-state index in [-0.39, 0.29) is 16.9 Å². The Morgan fingerprint density at radius 1 is 1.13 bits per heavy atom. The molecular formula is C14H16F3N3O2S. The summed E-state index contributed by atoms with van der Waals surface area (Å²) in [5.41, 5.74) is -0.687. The standard InChI is InChI=1S/C12H10F3N3O2S.C2H6/c1-21(19,20)18-11-7-8(12(13,14)15)4-5-9(11)10-3-2-6-16-17-10;1-2/h2-7,18H,1H3;1-2H3. The molecule has 5 nitrogen and oxygen atoms in total. The van der Waals surface area contributed by atoms with Crippen LogP contribution >= 0.6 is 0 Å². The minimum atomic E-state index is -4.57. The average Bonchev–Trinajstić information content (AvgIpc) is 2.47. The van der Waals surface area contributed by atoms with E-state index in [1.54, 1.807) is 6.07 Å². The highest BCUT2D eigenvalue weighted by Gasteiger charge is 2.31. The topological polar surface area (TPSA) is 72.0 Å². The van der Waals surface area contributed by atoms with Crippen molar-refractivity contribution in [3.05, 3.63) is 42.1 Å². The van der Waals surface area contributed by atoms with E-state index in [9.17, 15) is 21.6 Å². The number of anilines is 1. The predicted molar refractivity (Wildman–Crippen MR) is 82.3 cm³/mol. The minimum Gasteiger partial charge on any atom is -0.283 e. The van der Waals surface area contributed by atoms with Crippen molar-refractivity contribution >= 4 is 15.7 Å². The Morgan fingerprint density at radius 3 is 2.26 bits per heavy atom. The van der Waals surface area contributed by atoms with Crippen LogP contribution in [0.2, 0.25) is 0 Å². The van der Waals surface area contributed by atoms with Gasteiger partial charge in [0.05, 0.1) is 23.2 Å². The second-order valence-corrected chi connectivity index (χ2v) is 5.99. The van der Waals surface area contributed by atoms with Crippen LogP contribution in [0, 0.1) is 0 Å². The van der Waals surface area contributed by atoms with Gasteiger partial charge in [0.1, 0.15) is 0 Å². The number of aromatic nitrogens is 2. The van der Waals surface area contributed by atoms with Crippen LogP contribution in [0.4, 0.5) is 18.9 Å². The van der Waals surface area contributed by atoms with Gasteiger partial charge in [0, 0.05) is 11.8 Å². The highest BCUT2D eigenvalue weighted by Crippen LogP contribution is 2.35. The maximum Gasteiger partial charge on any atom is 0.416 e. The van der Waals surface area contributed by atoms with Gasteiger partial charge < -0.3 is 0 Å². The fourth-order valence-corrected chi connectivity index (χ4v) is 2.24. The molecule has 0 bridgehead atoms. The molecule has 1 aromatic carbocycles. The van der Waals surface area contributed by atoms with Crippen LogP contribution in [0.5, 0.6) is 0 Å². The molecule has 0 unspecified atom stereocenters. The molecule has 0 aliphatic carbocycles. The quantitative estimate of drug-likeness (QED) is 0.921. The molecule has 0 radical (unpaired) electrons. The molecule has 1 aromatic heterocycles. The highest BCUT2D eigenvalue weighted by molar-refractivity contribution is 7.92. The Kier molecular flexibility index (Phi) is 6.08. The van der Waals surface area contributed by atoms with Crippen LogP contribution in [0.15, 0.2) is 36.5 Å². The van der Waals surface area contributed by atoms with Gasteiger partial charge in [-0.2, -0.15) is 23.4 Å². The SMILES string of the molecule is CC.CS(=O)(=O)Nc1cc(C(F)(F)F)ccc1-c1cccnn1. The maximum atomic E-state index is 12.7. The first-order chi connectivity index (χ1) is 10.7. The second-order valence-electron chi connectivity index (χ2n) is 4.24. The first-order valence-corrected chi connectivity index (χ1v) is 8.53. The lowest BCUT2D eigenvalue weighted by Gasteiger charge is -2.13. The molecule has 23 heavy (non-hydrogen) atoms. The fraction of sp³-hybridized carbons (Fsp3) is 0.286. The van der Waals surface area contributed by atoms with Crippen molar-refractivity contribution in [3.63, 3.8) is 0 Å². The van der Waals surface area contributed by atoms with E-state index in [2.05, 4.69) is 14.9 Å². The van der Waals surface area contributed by atoms with Crippen molar-refractivity contribution in [2.45, 2.75) is 20.0 Å². The molecule has 9 heteroatoms. The average molecular weight is 347 g/mol. The molecule has 0 aliphatic heterocycles. The van der Waals surface area contributed by atoms with Crippen LogP contribution in [-0.4, -0.2) is 24.9 Å². The van der Waals surface area contributed by atoms with E-state index in [0.717, 1.165) is 24.5 Å². The Morgan fingerprint density at radius 2 is 1.78 bits per heavy atom. The third-order valence-electron chi connectivity index (χ3n) is 2.49. The zero-order chi connectivity index (χ0) is 17.7. The van der Waals surface area contributed by atoms with Gasteiger partial charge in [0.2, 0.25) is 10.0 Å². The number of rotatable bonds is 3. The number of sulfonamides is 1. The molecule has 2 aromatic rings. The lowest BCUT2D eigenvalue weighted by atomic mass is 10.1. The Balaban J connectivity index is 0.00000127. The van der Waals surface area contributed by atoms with Gasteiger partial charge >= 0.3 is 6.18 Å². The zero-order valence-electron chi connectivity index (χ0n) is 12.7. The summed E-state index contributed by atoms with van der Waals surface area (Å²) in [5, 5.41) is 7.39. The lowest BCUT2D eigenvalue weighted by Crippen LogP contribution is -2.13. The van der Waals surface area contributed by atoms with Gasteiger partial charge in [-0.25, -0.2) is 8.42 Å². The van der Waals surface area contributed by atoms with E-state index in [1.165, 1.54) is 12.3 Å². The Hall–Kier alpha value is -2.16. The smallest absolute Gasteiger partial charge is 0.283 e. The molecule has 0 aliphatic rings. The Bertz CT molecular complexity index is 748. The first kappa shape index (κ1) is 18.9. The zero-order valence-corrected chi connectivity index (χ0v) is 13.5. The first-order valence-electron chi connectivity index (χ1n) is 6.64. The molecule has 1 N–H and O–H groups in total. The summed E-state index contributed by atoms with van der Waals surface area (Å²) in [4.78, 5) is 0. The monoisotopic (exact) mass is 347 g/mol. The molecule has 0 fully saturated rings. The van der Waals surface area contributed by atoms with Crippen molar-refractivity contribution in [1.29, 1.82) is 0 Å². The molecule has 2 rings (SSSR count). The van der Waals surface area contributed by atoms with Gasteiger partial charge in [0.15, 0.2) is 0 Å². The van der Waals surface area contributed by atoms with Crippen LogP contribution in [0.1, 0.15) is 19.4 Å². The van der Waals surface area contributed by atoms with Crippen molar-refractivity contribution in [2.75, 3.05) is 11.0 Å². The summed E-state index contributed by atoms with van der Waals surface area (Å²) in [6, 6.07) is 5.80. The van der Waals surface area contributed by atoms with Crippen LogP contribution < -0.4 is 4.72 Å². The van der Waals surface area contributed by atoms with Crippen molar-refractivity contribution < 1.29 is 21.6 Å². The number of benzene rings is 1. The molecule has 0 saturated heterocycles. The lowest BCUT2D eigenvalue weighted by molar-refractivity contribution is -0.137. The third kappa shape index (κ3) is 5.51. The van der Waals surface area contributed by atoms with Crippen molar-refractivity contribution in [2.24, 2.45) is 0 Å². The summed E-state index contributed by atoms with van der Waals surface area (Å²) in [6.45, 7) is 4.00. The molecular weight excluding hydrogens is 331 g/mol. The van der Waals surface area contributed by atoms with Gasteiger partial charge in [-0.3, -0.25) is 4.72 Å². The number of alkyl halides is 3. The van der Waals surface area contributed by atoms with Crippen LogP contribution in [0.3, 0.4) is 0 Å². The number of nitrogens with zero attached hydrogens (tertiary/aromatic N) is 2. The minimum absolute atomic E-state index is 0.201. The van der Waals surface area contributed by atoms with Gasteiger partial charge in [-0.15, -0.1) is 0 Å². The summed E-state index contributed by atoms with van der Waals surface area (Å²) >= 11 is 0. The van der Waals surface area contributed by atoms with Gasteiger partial charge in [-0.1, -0.05) is 19.9 Å². The molecule has 0 amide bonds. The van der Waals surface area contributed by atoms with E-state index in [4.69, 9.17) is 0 Å². The number of hydrogen-bond donors (Lipinski definition) is 1. The molecule has 126 valence electrons. The van der Waals surface area contributed by atoms with Gasteiger partial charge in [0.25, 0.3) is 0 Å². The van der Waals surface area contributed by atoms with Crippen molar-refractivity contribution in [1.82, 2.24) is 10.2 Å². The highest BCUT2D eigenvalue weighted by atomic mass is 32.2. The van der Waals surface area contributed by atoms with Crippen molar-refractivity contribution in [3.8, 4) is 11.3 Å². The molecule has 0 atom stereocenters. The van der Waals surface area contributed by atoms with E-state index >= 15 is 0 Å². The normalized spacial score (nSPS) is 11.4. The van der Waals surface area contributed by atoms with Crippen LogP contribution in [0.25, 0.3) is 11.3 Å². The number of halogens is 3. The summed E-state index contributed by atoms with van der Waals surface area (Å²) < 4.78 is 62.9. The van der Waals surface area contributed by atoms with E-state index in [1.807, 2.05) is 13.8 Å². The van der Waals surface area contributed by atoms with Crippen LogP contribution in [-0.2, 0) is 16.2 Å². The molecule has 0 saturated carbocycles. The second kappa shape index (κ2) is 7.40. The van der Waals surface area contributed by atoms with Gasteiger partial charge in [-0.05, 0) is 24.3 Å². The maximum absolute atomic E-state index is 12.7. The largest absolute Gasteiger partial charge is 0.416 e. The van der Waals surface area contributed by atoms with E-state index < -0.39 is 21.8 Å². The predicted octanol–water partition coefficient (Wildman–Crippen LogP) is 3.56. The summed E-state index contributed by atoms with van der Waals surface area (Å²) in [7, 11) is -3.74. The summed E-state index contributed by atoms with van der Waals surface area (Å²) in [6.07, 6.45) is -2.32. The summed E-state index contributed by atoms with van der Waals surface area (Å²) in [5.74, 6) is 0. The van der Waals surface area contributed by atoms with E-state index in [0.29, 0.717) is 0 Å². The third-order valence-corrected chi connectivity index (χ3v) is 3.08. The number of nitrogens with one attached hydrogen (secondary N) is 1. The fourth-order valence-electron chi connectivity index (χ4n) is 1.67.